The van der Waals surface area contributed by atoms with E-state index < -0.39 is 0 Å². The van der Waals surface area contributed by atoms with Crippen molar-refractivity contribution in [3.63, 3.8) is 0 Å². The van der Waals surface area contributed by atoms with Crippen molar-refractivity contribution in [3.8, 4) is 5.75 Å². The van der Waals surface area contributed by atoms with Crippen LogP contribution in [0, 0.1) is 52.3 Å². The van der Waals surface area contributed by atoms with E-state index in [1.54, 1.807) is 12.3 Å². The average Bonchev–Trinajstić information content (AvgIpc) is 3.33. The van der Waals surface area contributed by atoms with Gasteiger partial charge in [0.1, 0.15) is 11.3 Å². The number of nitrogens with one attached hydrogen (secondary N) is 1. The van der Waals surface area contributed by atoms with E-state index in [4.69, 9.17) is 4.74 Å². The highest BCUT2D eigenvalue weighted by Crippen LogP contribution is 2.68. The van der Waals surface area contributed by atoms with E-state index in [2.05, 4.69) is 44.9 Å². The van der Waals surface area contributed by atoms with Crippen molar-refractivity contribution in [2.45, 2.75) is 118 Å². The molecule has 0 radical (unpaired) electrons. The Balaban J connectivity index is 1.02. The monoisotopic (exact) mass is 574 g/mol. The molecule has 4 saturated carbocycles. The zero-order chi connectivity index (χ0) is 29.5. The first-order valence-electron chi connectivity index (χ1n) is 17.6. The minimum absolute atomic E-state index is 0.231. The summed E-state index contributed by atoms with van der Waals surface area (Å²) in [5.41, 5.74) is 2.77. The first-order chi connectivity index (χ1) is 20.2. The zero-order valence-electron chi connectivity index (χ0n) is 27.2. The summed E-state index contributed by atoms with van der Waals surface area (Å²) < 4.78 is 6.52. The van der Waals surface area contributed by atoms with Gasteiger partial charge in [0.2, 0.25) is 0 Å². The lowest BCUT2D eigenvalue weighted by atomic mass is 9.44. The highest BCUT2D eigenvalue weighted by atomic mass is 16.5. The lowest BCUT2D eigenvalue weighted by Gasteiger charge is -2.61. The molecule has 4 unspecified atom stereocenters. The Labute approximate surface area is 255 Å². The summed E-state index contributed by atoms with van der Waals surface area (Å²) in [6.45, 7) is 14.3. The molecule has 0 aliphatic heterocycles. The molecule has 0 amide bonds. The van der Waals surface area contributed by atoms with E-state index in [-0.39, 0.29) is 5.75 Å². The number of aromatic hydroxyl groups is 1. The Hall–Kier alpha value is -1.81. The Morgan fingerprint density at radius 2 is 1.76 bits per heavy atom. The second kappa shape index (κ2) is 12.3. The number of nitrogens with zero attached hydrogens (tertiary/aromatic N) is 1. The van der Waals surface area contributed by atoms with E-state index in [0.717, 1.165) is 65.7 Å². The number of hydrogen-bond donors (Lipinski definition) is 2. The van der Waals surface area contributed by atoms with Crippen molar-refractivity contribution in [2.24, 2.45) is 52.3 Å². The van der Waals surface area contributed by atoms with Crippen molar-refractivity contribution >= 4 is 16.6 Å². The van der Waals surface area contributed by atoms with E-state index in [0.29, 0.717) is 22.5 Å². The molecule has 2 aromatic rings. The van der Waals surface area contributed by atoms with Gasteiger partial charge in [-0.15, -0.1) is 0 Å². The molecule has 4 aliphatic rings. The summed E-state index contributed by atoms with van der Waals surface area (Å²) >= 11 is 0. The third-order valence-electron chi connectivity index (χ3n) is 13.3. The molecular formula is C38H58N2O2. The molecule has 0 saturated heterocycles. The van der Waals surface area contributed by atoms with Crippen LogP contribution in [0.2, 0.25) is 0 Å². The smallest absolute Gasteiger partial charge is 0.141 e. The summed E-state index contributed by atoms with van der Waals surface area (Å²) in [4.78, 5) is 4.34. The topological polar surface area (TPSA) is 54.4 Å². The Morgan fingerprint density at radius 3 is 2.60 bits per heavy atom. The molecule has 4 fully saturated rings. The summed E-state index contributed by atoms with van der Waals surface area (Å²) in [6, 6.07) is 7.60. The molecule has 232 valence electrons. The lowest BCUT2D eigenvalue weighted by Crippen LogP contribution is -2.54. The molecule has 6 rings (SSSR count). The maximum Gasteiger partial charge on any atom is 0.141 e. The van der Waals surface area contributed by atoms with Crippen molar-refractivity contribution in [1.29, 1.82) is 0 Å². The standard InChI is InChI=1S/C38H58N2O2/c1-25(2)8-6-9-26(3)31-13-14-32-29-12-11-27-24-28(17-19-37(27,4)33(29)18-20-38(31,32)5)42-23-22-39-34-15-16-35(41)36-30(34)10-7-21-40-36/h7,10,15-16,21,25-29,31-33,39,41H,6,8-9,11-14,17-20,22-24H2,1-5H3/t26-,27?,28+,29?,31-,32?,33?,37+,38-/m1/s1. The number of pyridine rings is 1. The average molecular weight is 575 g/mol. The van der Waals surface area contributed by atoms with Crippen LogP contribution in [0.25, 0.3) is 10.9 Å². The number of anilines is 1. The molecule has 4 aliphatic carbocycles. The van der Waals surface area contributed by atoms with Crippen LogP contribution in [-0.2, 0) is 4.74 Å². The fourth-order valence-electron chi connectivity index (χ4n) is 11.1. The molecule has 1 aromatic heterocycles. The molecule has 2 N–H and O–H groups in total. The van der Waals surface area contributed by atoms with Crippen LogP contribution in [-0.4, -0.2) is 29.3 Å². The minimum atomic E-state index is 0.231. The quantitative estimate of drug-likeness (QED) is 0.219. The van der Waals surface area contributed by atoms with Crippen LogP contribution in [0.5, 0.6) is 5.75 Å². The van der Waals surface area contributed by atoms with E-state index in [1.165, 1.54) is 77.0 Å². The number of fused-ring (bicyclic) bond motifs is 6. The lowest BCUT2D eigenvalue weighted by molar-refractivity contribution is -0.136. The van der Waals surface area contributed by atoms with E-state index >= 15 is 0 Å². The fourth-order valence-corrected chi connectivity index (χ4v) is 11.1. The van der Waals surface area contributed by atoms with Crippen molar-refractivity contribution < 1.29 is 9.84 Å². The Morgan fingerprint density at radius 1 is 0.952 bits per heavy atom. The third kappa shape index (κ3) is 5.59. The third-order valence-corrected chi connectivity index (χ3v) is 13.3. The summed E-state index contributed by atoms with van der Waals surface area (Å²) in [5.74, 6) is 6.62. The summed E-state index contributed by atoms with van der Waals surface area (Å²) in [5, 5.41) is 14.6. The van der Waals surface area contributed by atoms with Gasteiger partial charge < -0.3 is 15.2 Å². The normalized spacial score (nSPS) is 36.8. The van der Waals surface area contributed by atoms with Gasteiger partial charge in [-0.05, 0) is 134 Å². The van der Waals surface area contributed by atoms with Gasteiger partial charge in [0.15, 0.2) is 0 Å². The number of ether oxygens (including phenoxy) is 1. The fraction of sp³-hybridized carbons (Fsp3) is 0.763. The maximum absolute atomic E-state index is 10.1. The molecule has 0 bridgehead atoms. The van der Waals surface area contributed by atoms with Crippen LogP contribution in [0.4, 0.5) is 5.69 Å². The van der Waals surface area contributed by atoms with Crippen LogP contribution >= 0.6 is 0 Å². The first kappa shape index (κ1) is 30.2. The van der Waals surface area contributed by atoms with Crippen molar-refractivity contribution in [1.82, 2.24) is 4.98 Å². The van der Waals surface area contributed by atoms with Gasteiger partial charge in [-0.3, -0.25) is 4.98 Å². The molecule has 4 nitrogen and oxygen atoms in total. The number of phenolic OH excluding ortho intramolecular Hbond substituents is 1. The largest absolute Gasteiger partial charge is 0.506 e. The Bertz CT molecular complexity index is 1210. The van der Waals surface area contributed by atoms with Gasteiger partial charge in [-0.2, -0.15) is 0 Å². The van der Waals surface area contributed by atoms with Crippen LogP contribution < -0.4 is 5.32 Å². The van der Waals surface area contributed by atoms with E-state index in [1.807, 2.05) is 18.2 Å². The molecule has 9 atom stereocenters. The predicted molar refractivity (Wildman–Crippen MR) is 175 cm³/mol. The van der Waals surface area contributed by atoms with Crippen molar-refractivity contribution in [3.05, 3.63) is 30.5 Å². The van der Waals surface area contributed by atoms with Crippen LogP contribution in [0.3, 0.4) is 0 Å². The van der Waals surface area contributed by atoms with Crippen LogP contribution in [0.1, 0.15) is 112 Å². The second-order valence-electron chi connectivity index (χ2n) is 15.9. The van der Waals surface area contributed by atoms with Gasteiger partial charge in [0.05, 0.1) is 12.7 Å². The minimum Gasteiger partial charge on any atom is -0.506 e. The van der Waals surface area contributed by atoms with Gasteiger partial charge >= 0.3 is 0 Å². The molecular weight excluding hydrogens is 516 g/mol. The number of rotatable bonds is 10. The molecule has 42 heavy (non-hydrogen) atoms. The Kier molecular flexibility index (Phi) is 8.85. The number of aromatic nitrogens is 1. The summed E-state index contributed by atoms with van der Waals surface area (Å²) in [6.07, 6.45) is 19.1. The number of hydrogen-bond acceptors (Lipinski definition) is 4. The van der Waals surface area contributed by atoms with E-state index in [9.17, 15) is 5.11 Å². The maximum atomic E-state index is 10.1. The number of phenols is 1. The van der Waals surface area contributed by atoms with Crippen molar-refractivity contribution in [2.75, 3.05) is 18.5 Å². The molecule has 4 heteroatoms. The van der Waals surface area contributed by atoms with Crippen LogP contribution in [0.15, 0.2) is 30.5 Å². The second-order valence-corrected chi connectivity index (χ2v) is 15.9. The highest BCUT2D eigenvalue weighted by Gasteiger charge is 2.60. The molecule has 0 spiro atoms. The SMILES string of the molecule is CC(C)CCC[C@@H](C)[C@H]1CCC2C3CCC4C[C@@H](OCCNc5ccc(O)c6ncccc56)CC[C@]4(C)C3CC[C@@]21C. The highest BCUT2D eigenvalue weighted by molar-refractivity contribution is 5.94. The predicted octanol–water partition coefficient (Wildman–Crippen LogP) is 9.86. The van der Waals surface area contributed by atoms with Gasteiger partial charge in [0.25, 0.3) is 0 Å². The first-order valence-corrected chi connectivity index (χ1v) is 17.6. The summed E-state index contributed by atoms with van der Waals surface area (Å²) in [7, 11) is 0. The van der Waals surface area contributed by atoms with Gasteiger partial charge in [-0.25, -0.2) is 0 Å². The number of benzene rings is 1. The molecule has 1 aromatic carbocycles. The van der Waals surface area contributed by atoms with Gasteiger partial charge in [0, 0.05) is 23.8 Å². The zero-order valence-corrected chi connectivity index (χ0v) is 27.2. The van der Waals surface area contributed by atoms with Gasteiger partial charge in [-0.1, -0.05) is 53.9 Å². The molecule has 1 heterocycles.